The molecule has 0 heterocycles. The third-order valence-electron chi connectivity index (χ3n) is 1.01. The van der Waals surface area contributed by atoms with Crippen LogP contribution in [0.1, 0.15) is 13.3 Å². The summed E-state index contributed by atoms with van der Waals surface area (Å²) in [7, 11) is 0. The van der Waals surface area contributed by atoms with Crippen molar-refractivity contribution in [2.24, 2.45) is 0 Å². The smallest absolute Gasteiger partial charge is 0.0987 e. The standard InChI is InChI=1S/C7H12N2/c1-3-5-7(6-8)9-4-2/h3,7,9H,1,4-5H2,2H3. The summed E-state index contributed by atoms with van der Waals surface area (Å²) in [5.41, 5.74) is 0. The van der Waals surface area contributed by atoms with E-state index in [-0.39, 0.29) is 6.04 Å². The summed E-state index contributed by atoms with van der Waals surface area (Å²) >= 11 is 0. The highest BCUT2D eigenvalue weighted by molar-refractivity contribution is 4.93. The molecule has 0 aliphatic rings. The molecule has 0 saturated heterocycles. The van der Waals surface area contributed by atoms with E-state index in [0.717, 1.165) is 13.0 Å². The van der Waals surface area contributed by atoms with Gasteiger partial charge in [-0.05, 0) is 13.0 Å². The predicted octanol–water partition coefficient (Wildman–Crippen LogP) is 1.06. The van der Waals surface area contributed by atoms with Crippen molar-refractivity contribution in [1.29, 1.82) is 5.26 Å². The number of nitrogens with zero attached hydrogens (tertiary/aromatic N) is 1. The summed E-state index contributed by atoms with van der Waals surface area (Å²) < 4.78 is 0. The van der Waals surface area contributed by atoms with Gasteiger partial charge in [0.25, 0.3) is 0 Å². The summed E-state index contributed by atoms with van der Waals surface area (Å²) in [6.07, 6.45) is 2.47. The zero-order valence-electron chi connectivity index (χ0n) is 5.72. The summed E-state index contributed by atoms with van der Waals surface area (Å²) in [5.74, 6) is 0. The Bertz CT molecular complexity index is 113. The van der Waals surface area contributed by atoms with Crippen molar-refractivity contribution in [3.05, 3.63) is 12.7 Å². The van der Waals surface area contributed by atoms with Gasteiger partial charge in [0.2, 0.25) is 0 Å². The Morgan fingerprint density at radius 2 is 2.56 bits per heavy atom. The van der Waals surface area contributed by atoms with E-state index in [4.69, 9.17) is 5.26 Å². The average molecular weight is 124 g/mol. The zero-order chi connectivity index (χ0) is 7.11. The molecule has 1 N–H and O–H groups in total. The Morgan fingerprint density at radius 3 is 2.89 bits per heavy atom. The van der Waals surface area contributed by atoms with Gasteiger partial charge in [0.1, 0.15) is 0 Å². The molecule has 0 aromatic rings. The molecule has 2 nitrogen and oxygen atoms in total. The van der Waals surface area contributed by atoms with Crippen molar-refractivity contribution >= 4 is 0 Å². The molecule has 0 radical (unpaired) electrons. The van der Waals surface area contributed by atoms with Gasteiger partial charge >= 0.3 is 0 Å². The molecule has 0 spiro atoms. The number of rotatable bonds is 4. The van der Waals surface area contributed by atoms with Crippen molar-refractivity contribution in [2.75, 3.05) is 6.54 Å². The minimum Gasteiger partial charge on any atom is -0.302 e. The average Bonchev–Trinajstić information content (AvgIpc) is 1.88. The lowest BCUT2D eigenvalue weighted by molar-refractivity contribution is 0.632. The van der Waals surface area contributed by atoms with Crippen LogP contribution in [0.15, 0.2) is 12.7 Å². The van der Waals surface area contributed by atoms with Crippen LogP contribution < -0.4 is 5.32 Å². The Hall–Kier alpha value is -0.810. The van der Waals surface area contributed by atoms with Crippen molar-refractivity contribution in [2.45, 2.75) is 19.4 Å². The van der Waals surface area contributed by atoms with Crippen LogP contribution >= 0.6 is 0 Å². The predicted molar refractivity (Wildman–Crippen MR) is 37.9 cm³/mol. The van der Waals surface area contributed by atoms with Crippen LogP contribution in [0.3, 0.4) is 0 Å². The largest absolute Gasteiger partial charge is 0.302 e. The van der Waals surface area contributed by atoms with Gasteiger partial charge in [-0.1, -0.05) is 13.0 Å². The second kappa shape index (κ2) is 5.33. The van der Waals surface area contributed by atoms with Gasteiger partial charge in [-0.15, -0.1) is 6.58 Å². The van der Waals surface area contributed by atoms with Gasteiger partial charge in [-0.2, -0.15) is 5.26 Å². The fourth-order valence-electron chi connectivity index (χ4n) is 0.595. The van der Waals surface area contributed by atoms with Gasteiger partial charge < -0.3 is 5.32 Å². The first-order valence-corrected chi connectivity index (χ1v) is 3.09. The minimum absolute atomic E-state index is 0.0486. The van der Waals surface area contributed by atoms with Crippen molar-refractivity contribution in [1.82, 2.24) is 5.32 Å². The molecule has 9 heavy (non-hydrogen) atoms. The van der Waals surface area contributed by atoms with E-state index < -0.39 is 0 Å². The van der Waals surface area contributed by atoms with Gasteiger partial charge in [0, 0.05) is 0 Å². The maximum absolute atomic E-state index is 8.43. The molecule has 2 heteroatoms. The lowest BCUT2D eigenvalue weighted by Crippen LogP contribution is -2.26. The van der Waals surface area contributed by atoms with E-state index in [1.807, 2.05) is 6.92 Å². The van der Waals surface area contributed by atoms with Gasteiger partial charge in [0.05, 0.1) is 12.1 Å². The SMILES string of the molecule is C=CCC(C#N)NCC. The number of nitriles is 1. The highest BCUT2D eigenvalue weighted by atomic mass is 14.9. The van der Waals surface area contributed by atoms with E-state index in [0.29, 0.717) is 0 Å². The third kappa shape index (κ3) is 3.75. The molecule has 1 unspecified atom stereocenters. The van der Waals surface area contributed by atoms with Gasteiger partial charge in [-0.3, -0.25) is 0 Å². The molecule has 0 rings (SSSR count). The summed E-state index contributed by atoms with van der Waals surface area (Å²) in [5, 5.41) is 11.4. The van der Waals surface area contributed by atoms with Crippen LogP contribution in [-0.4, -0.2) is 12.6 Å². The molecule has 0 amide bonds. The summed E-state index contributed by atoms with van der Waals surface area (Å²) in [6.45, 7) is 6.36. The maximum atomic E-state index is 8.43. The molecule has 50 valence electrons. The molecular weight excluding hydrogens is 112 g/mol. The van der Waals surface area contributed by atoms with E-state index >= 15 is 0 Å². The Morgan fingerprint density at radius 1 is 1.89 bits per heavy atom. The maximum Gasteiger partial charge on any atom is 0.0987 e. The summed E-state index contributed by atoms with van der Waals surface area (Å²) in [6, 6.07) is 2.07. The van der Waals surface area contributed by atoms with Gasteiger partial charge in [0.15, 0.2) is 0 Å². The van der Waals surface area contributed by atoms with Crippen molar-refractivity contribution < 1.29 is 0 Å². The first kappa shape index (κ1) is 8.19. The van der Waals surface area contributed by atoms with Crippen LogP contribution in [0.2, 0.25) is 0 Å². The van der Waals surface area contributed by atoms with E-state index in [1.165, 1.54) is 0 Å². The van der Waals surface area contributed by atoms with Crippen LogP contribution in [0.4, 0.5) is 0 Å². The summed E-state index contributed by atoms with van der Waals surface area (Å²) in [4.78, 5) is 0. The number of hydrogen-bond donors (Lipinski definition) is 1. The van der Waals surface area contributed by atoms with Crippen LogP contribution in [-0.2, 0) is 0 Å². The first-order valence-electron chi connectivity index (χ1n) is 3.09. The molecule has 0 aliphatic carbocycles. The minimum atomic E-state index is -0.0486. The molecule has 1 atom stereocenters. The molecule has 0 aromatic heterocycles. The molecule has 0 saturated carbocycles. The Labute approximate surface area is 56.2 Å². The zero-order valence-corrected chi connectivity index (χ0v) is 5.72. The fourth-order valence-corrected chi connectivity index (χ4v) is 0.595. The second-order valence-corrected chi connectivity index (χ2v) is 1.76. The van der Waals surface area contributed by atoms with Crippen LogP contribution in [0.5, 0.6) is 0 Å². The monoisotopic (exact) mass is 124 g/mol. The Balaban J connectivity index is 3.44. The molecule has 0 aromatic carbocycles. The Kier molecular flexibility index (Phi) is 4.85. The lowest BCUT2D eigenvalue weighted by atomic mass is 10.2. The van der Waals surface area contributed by atoms with E-state index in [9.17, 15) is 0 Å². The second-order valence-electron chi connectivity index (χ2n) is 1.76. The van der Waals surface area contributed by atoms with E-state index in [1.54, 1.807) is 6.08 Å². The topological polar surface area (TPSA) is 35.8 Å². The van der Waals surface area contributed by atoms with Crippen LogP contribution in [0, 0.1) is 11.3 Å². The third-order valence-corrected chi connectivity index (χ3v) is 1.01. The quantitative estimate of drug-likeness (QED) is 0.569. The normalized spacial score (nSPS) is 12.0. The van der Waals surface area contributed by atoms with Crippen molar-refractivity contribution in [3.8, 4) is 6.07 Å². The molecule has 0 aliphatic heterocycles. The first-order chi connectivity index (χ1) is 4.35. The highest BCUT2D eigenvalue weighted by Crippen LogP contribution is 1.88. The molecule has 0 fully saturated rings. The van der Waals surface area contributed by atoms with Gasteiger partial charge in [-0.25, -0.2) is 0 Å². The van der Waals surface area contributed by atoms with Crippen molar-refractivity contribution in [3.63, 3.8) is 0 Å². The number of hydrogen-bond acceptors (Lipinski definition) is 2. The highest BCUT2D eigenvalue weighted by Gasteiger charge is 1.99. The lowest BCUT2D eigenvalue weighted by Gasteiger charge is -2.04. The van der Waals surface area contributed by atoms with E-state index in [2.05, 4.69) is 18.0 Å². The molecule has 0 bridgehead atoms. The molecular formula is C7H12N2. The van der Waals surface area contributed by atoms with Crippen LogP contribution in [0.25, 0.3) is 0 Å². The fraction of sp³-hybridized carbons (Fsp3) is 0.571. The number of nitrogens with one attached hydrogen (secondary N) is 1.